The number of hydrogen-bond donors (Lipinski definition) is 1. The molecule has 37 heavy (non-hydrogen) atoms. The van der Waals surface area contributed by atoms with Crippen molar-refractivity contribution in [3.63, 3.8) is 0 Å². The molecule has 0 spiro atoms. The molecule has 5 rings (SSSR count). The summed E-state index contributed by atoms with van der Waals surface area (Å²) in [4.78, 5) is 4.41. The number of nitrogens with zero attached hydrogens (tertiary/aromatic N) is 6. The number of aryl methyl sites for hydroxylation is 1. The van der Waals surface area contributed by atoms with Crippen molar-refractivity contribution in [1.82, 2.24) is 24.5 Å². The molecule has 0 aliphatic heterocycles. The number of pyridine rings is 1. The third-order valence-corrected chi connectivity index (χ3v) is 10.0. The highest BCUT2D eigenvalue weighted by Gasteiger charge is 2.43. The molecule has 10 nitrogen and oxygen atoms in total. The fourth-order valence-electron chi connectivity index (χ4n) is 4.09. The Morgan fingerprint density at radius 2 is 1.89 bits per heavy atom. The molecule has 0 atom stereocenters. The summed E-state index contributed by atoms with van der Waals surface area (Å²) in [5.41, 5.74) is 1.12. The van der Waals surface area contributed by atoms with E-state index in [1.54, 1.807) is 42.5 Å². The third-order valence-electron chi connectivity index (χ3n) is 6.60. The van der Waals surface area contributed by atoms with Crippen molar-refractivity contribution in [1.29, 1.82) is 0 Å². The average Bonchev–Trinajstić information content (AvgIpc) is 3.25. The first kappa shape index (κ1) is 25.6. The molecule has 3 heterocycles. The van der Waals surface area contributed by atoms with Crippen LogP contribution in [-0.4, -0.2) is 59.5 Å². The summed E-state index contributed by atoms with van der Waals surface area (Å²) in [5, 5.41) is 19.7. The van der Waals surface area contributed by atoms with E-state index in [4.69, 9.17) is 4.74 Å². The minimum absolute atomic E-state index is 0.0393. The van der Waals surface area contributed by atoms with Crippen LogP contribution >= 0.6 is 0 Å². The molecule has 0 radical (unpaired) electrons. The fourth-order valence-corrected chi connectivity index (χ4v) is 6.15. The van der Waals surface area contributed by atoms with Crippen LogP contribution in [0.4, 0.5) is 5.69 Å². The molecule has 0 amide bonds. The van der Waals surface area contributed by atoms with Gasteiger partial charge in [-0.15, -0.1) is 0 Å². The molecule has 1 N–H and O–H groups in total. The van der Waals surface area contributed by atoms with Crippen molar-refractivity contribution >= 4 is 34.7 Å². The summed E-state index contributed by atoms with van der Waals surface area (Å²) in [5.74, 6) is 0.459. The smallest absolute Gasteiger partial charge is 0.267 e. The zero-order chi connectivity index (χ0) is 26.4. The Morgan fingerprint density at radius 1 is 1.11 bits per heavy atom. The lowest BCUT2D eigenvalue weighted by atomic mass is 10.2. The van der Waals surface area contributed by atoms with Crippen LogP contribution in [-0.2, 0) is 27.4 Å². The van der Waals surface area contributed by atoms with E-state index in [1.807, 2.05) is 12.1 Å². The highest BCUT2D eigenvalue weighted by Crippen LogP contribution is 2.45. The number of anilines is 1. The van der Waals surface area contributed by atoms with Crippen molar-refractivity contribution in [2.24, 2.45) is 7.05 Å². The summed E-state index contributed by atoms with van der Waals surface area (Å²) in [6.07, 6.45) is 7.81. The lowest BCUT2D eigenvalue weighted by Gasteiger charge is -2.26. The van der Waals surface area contributed by atoms with Gasteiger partial charge in [-0.1, -0.05) is 31.8 Å². The predicted molar refractivity (Wildman–Crippen MR) is 144 cm³/mol. The van der Waals surface area contributed by atoms with Gasteiger partial charge in [0, 0.05) is 45.1 Å². The van der Waals surface area contributed by atoms with Crippen molar-refractivity contribution in [3.8, 4) is 5.82 Å². The lowest BCUT2D eigenvalue weighted by Crippen LogP contribution is -2.34. The van der Waals surface area contributed by atoms with Crippen molar-refractivity contribution in [2.45, 2.75) is 49.0 Å². The Labute approximate surface area is 217 Å². The van der Waals surface area contributed by atoms with E-state index < -0.39 is 23.7 Å². The van der Waals surface area contributed by atoms with E-state index in [9.17, 15) is 13.5 Å². The van der Waals surface area contributed by atoms with E-state index in [2.05, 4.69) is 34.8 Å². The molecule has 1 aliphatic carbocycles. The maximum atomic E-state index is 13.9. The van der Waals surface area contributed by atoms with E-state index >= 15 is 0 Å². The van der Waals surface area contributed by atoms with Crippen LogP contribution in [0.3, 0.4) is 0 Å². The van der Waals surface area contributed by atoms with Gasteiger partial charge in [0.15, 0.2) is 5.82 Å². The topological polar surface area (TPSA) is 115 Å². The first-order chi connectivity index (χ1) is 17.5. The second-order valence-electron chi connectivity index (χ2n) is 10.7. The number of rotatable bonds is 10. The number of benzene rings is 1. The largest absolute Gasteiger partial charge is 0.385 e. The van der Waals surface area contributed by atoms with Crippen molar-refractivity contribution in [3.05, 3.63) is 60.7 Å². The average molecular weight is 541 g/mol. The van der Waals surface area contributed by atoms with E-state index in [0.29, 0.717) is 36.5 Å². The number of para-hydroxylation sites is 1. The van der Waals surface area contributed by atoms with Gasteiger partial charge in [0.05, 0.1) is 29.2 Å². The van der Waals surface area contributed by atoms with Gasteiger partial charge >= 0.3 is 0 Å². The first-order valence-electron chi connectivity index (χ1n) is 12.2. The number of ether oxygens (including phenoxy) is 1. The SMILES string of the molecule is Cn1ncc2cccc(N(COCC[Si](C)(C)C)S(=O)(=O)c3ccc(-n4cc(C5(O)CC5)cn4)nc3)c21. The molecule has 1 aromatic carbocycles. The van der Waals surface area contributed by atoms with E-state index in [-0.39, 0.29) is 11.6 Å². The van der Waals surface area contributed by atoms with Gasteiger partial charge in [0.25, 0.3) is 10.0 Å². The van der Waals surface area contributed by atoms with Crippen LogP contribution in [0.15, 0.2) is 60.0 Å². The first-order valence-corrected chi connectivity index (χ1v) is 17.4. The molecule has 4 aromatic rings. The molecule has 1 saturated carbocycles. The van der Waals surface area contributed by atoms with Crippen LogP contribution in [0.5, 0.6) is 0 Å². The molecule has 196 valence electrons. The maximum Gasteiger partial charge on any atom is 0.267 e. The third kappa shape index (κ3) is 5.19. The Morgan fingerprint density at radius 3 is 2.57 bits per heavy atom. The minimum Gasteiger partial charge on any atom is -0.385 e. The van der Waals surface area contributed by atoms with Crippen molar-refractivity contribution in [2.75, 3.05) is 17.6 Å². The number of sulfonamides is 1. The second kappa shape index (κ2) is 9.35. The van der Waals surface area contributed by atoms with Gasteiger partial charge in [-0.25, -0.2) is 22.4 Å². The summed E-state index contributed by atoms with van der Waals surface area (Å²) in [6, 6.07) is 9.52. The zero-order valence-electron chi connectivity index (χ0n) is 21.5. The van der Waals surface area contributed by atoms with E-state index in [0.717, 1.165) is 17.0 Å². The molecular formula is C25H32N6O4SSi. The molecule has 0 bridgehead atoms. The Kier molecular flexibility index (Phi) is 6.47. The number of fused-ring (bicyclic) bond motifs is 1. The van der Waals surface area contributed by atoms with Gasteiger partial charge in [-0.05, 0) is 37.1 Å². The van der Waals surface area contributed by atoms with Crippen LogP contribution in [0, 0.1) is 0 Å². The van der Waals surface area contributed by atoms with Crippen LogP contribution < -0.4 is 4.31 Å². The monoisotopic (exact) mass is 540 g/mol. The van der Waals surface area contributed by atoms with Crippen LogP contribution in [0.2, 0.25) is 25.7 Å². The molecule has 0 saturated heterocycles. The quantitative estimate of drug-likeness (QED) is 0.185. The number of aromatic nitrogens is 5. The highest BCUT2D eigenvalue weighted by atomic mass is 32.2. The van der Waals surface area contributed by atoms with Crippen LogP contribution in [0.25, 0.3) is 16.7 Å². The summed E-state index contributed by atoms with van der Waals surface area (Å²) in [7, 11) is -3.58. The summed E-state index contributed by atoms with van der Waals surface area (Å²) >= 11 is 0. The fraction of sp³-hybridized carbons (Fsp3) is 0.400. The predicted octanol–water partition coefficient (Wildman–Crippen LogP) is 3.64. The molecule has 3 aromatic heterocycles. The molecule has 1 aliphatic rings. The summed E-state index contributed by atoms with van der Waals surface area (Å²) < 4.78 is 38.3. The molecule has 12 heteroatoms. The maximum absolute atomic E-state index is 13.9. The van der Waals surface area contributed by atoms with Crippen molar-refractivity contribution < 1.29 is 18.3 Å². The number of hydrogen-bond acceptors (Lipinski definition) is 7. The normalized spacial score (nSPS) is 15.3. The number of aliphatic hydroxyl groups is 1. The Hall–Kier alpha value is -3.06. The zero-order valence-corrected chi connectivity index (χ0v) is 23.3. The Balaban J connectivity index is 1.46. The molecular weight excluding hydrogens is 508 g/mol. The van der Waals surface area contributed by atoms with Gasteiger partial charge in [0.2, 0.25) is 0 Å². The molecule has 1 fully saturated rings. The van der Waals surface area contributed by atoms with Gasteiger partial charge in [0.1, 0.15) is 11.6 Å². The van der Waals surface area contributed by atoms with Gasteiger partial charge < -0.3 is 9.84 Å². The Bertz CT molecular complexity index is 1520. The van der Waals surface area contributed by atoms with E-state index in [1.165, 1.54) is 21.3 Å². The lowest BCUT2D eigenvalue weighted by molar-refractivity contribution is 0.151. The summed E-state index contributed by atoms with van der Waals surface area (Å²) in [6.45, 7) is 7.11. The van der Waals surface area contributed by atoms with Crippen LogP contribution in [0.1, 0.15) is 18.4 Å². The molecule has 0 unspecified atom stereocenters. The van der Waals surface area contributed by atoms with Gasteiger partial charge in [-0.2, -0.15) is 10.2 Å². The van der Waals surface area contributed by atoms with Gasteiger partial charge in [-0.3, -0.25) is 4.68 Å². The standard InChI is InChI=1S/C25H32N6O4SSi/c1-29-24-19(14-27-29)6-5-7-22(24)31(18-35-12-13-37(2,3)4)36(33,34)21-8-9-23(26-16-21)30-17-20(15-28-30)25(32)10-11-25/h5-9,14-17,32H,10-13,18H2,1-4H3. The minimum atomic E-state index is -4.02. The highest BCUT2D eigenvalue weighted by molar-refractivity contribution is 7.92. The second-order valence-corrected chi connectivity index (χ2v) is 18.2.